The van der Waals surface area contributed by atoms with Crippen molar-refractivity contribution in [3.8, 4) is 10.6 Å². The minimum absolute atomic E-state index is 0.0698. The molecule has 2 heterocycles. The predicted molar refractivity (Wildman–Crippen MR) is 86.2 cm³/mol. The van der Waals surface area contributed by atoms with E-state index in [9.17, 15) is 0 Å². The highest BCUT2D eigenvalue weighted by Crippen LogP contribution is 2.35. The van der Waals surface area contributed by atoms with Crippen LogP contribution in [0.15, 0.2) is 18.5 Å². The second-order valence-electron chi connectivity index (χ2n) is 5.96. The van der Waals surface area contributed by atoms with E-state index in [0.717, 1.165) is 18.0 Å². The fourth-order valence-electron chi connectivity index (χ4n) is 2.25. The zero-order valence-electron chi connectivity index (χ0n) is 12.9. The lowest BCUT2D eigenvalue weighted by Crippen LogP contribution is -2.16. The van der Waals surface area contributed by atoms with Gasteiger partial charge in [0.2, 0.25) is 0 Å². The van der Waals surface area contributed by atoms with Gasteiger partial charge in [0.15, 0.2) is 0 Å². The first-order valence-corrected chi connectivity index (χ1v) is 7.87. The summed E-state index contributed by atoms with van der Waals surface area (Å²) in [7, 11) is 1.98. The quantitative estimate of drug-likeness (QED) is 0.930. The van der Waals surface area contributed by atoms with Gasteiger partial charge >= 0.3 is 0 Å². The Bertz CT molecular complexity index is 582. The minimum atomic E-state index is 0.0698. The maximum Gasteiger partial charge on any atom is 0.124 e. The van der Waals surface area contributed by atoms with E-state index in [1.165, 1.54) is 21.7 Å². The van der Waals surface area contributed by atoms with Crippen molar-refractivity contribution in [3.05, 3.63) is 34.6 Å². The van der Waals surface area contributed by atoms with Gasteiger partial charge in [-0.05, 0) is 25.1 Å². The summed E-state index contributed by atoms with van der Waals surface area (Å²) < 4.78 is 0. The summed E-state index contributed by atoms with van der Waals surface area (Å²) in [6.45, 7) is 9.69. The number of nitrogens with zero attached hydrogens (tertiary/aromatic N) is 2. The van der Waals surface area contributed by atoms with Gasteiger partial charge in [0.05, 0.1) is 5.69 Å². The lowest BCUT2D eigenvalue weighted by molar-refractivity contribution is 0.563. The summed E-state index contributed by atoms with van der Waals surface area (Å²) >= 11 is 1.79. The molecule has 0 bridgehead atoms. The summed E-state index contributed by atoms with van der Waals surface area (Å²) in [5.41, 5.74) is 3.75. The average molecular weight is 289 g/mol. The van der Waals surface area contributed by atoms with Crippen molar-refractivity contribution in [1.29, 1.82) is 0 Å². The molecule has 0 radical (unpaired) electrons. The first-order chi connectivity index (χ1) is 9.47. The van der Waals surface area contributed by atoms with Crippen LogP contribution in [0.5, 0.6) is 0 Å². The van der Waals surface area contributed by atoms with Gasteiger partial charge in [-0.15, -0.1) is 11.3 Å². The molecule has 0 fully saturated rings. The van der Waals surface area contributed by atoms with Crippen molar-refractivity contribution in [2.45, 2.75) is 46.1 Å². The van der Waals surface area contributed by atoms with E-state index in [1.807, 2.05) is 19.4 Å². The van der Waals surface area contributed by atoms with Gasteiger partial charge in [-0.3, -0.25) is 4.98 Å². The zero-order valence-corrected chi connectivity index (χ0v) is 13.8. The minimum Gasteiger partial charge on any atom is -0.315 e. The third-order valence-corrected chi connectivity index (χ3v) is 4.35. The standard InChI is InChI=1S/C16H23N3S/c1-6-11-9-18-8-7-12(11)15-19-14(16(2,3)4)13(20-15)10-17-5/h7-9,17H,6,10H2,1-5H3. The van der Waals surface area contributed by atoms with Gasteiger partial charge in [0.25, 0.3) is 0 Å². The summed E-state index contributed by atoms with van der Waals surface area (Å²) in [5.74, 6) is 0. The topological polar surface area (TPSA) is 37.8 Å². The Kier molecular flexibility index (Phi) is 4.55. The molecule has 0 aromatic carbocycles. The molecule has 0 aliphatic heterocycles. The van der Waals surface area contributed by atoms with E-state index >= 15 is 0 Å². The van der Waals surface area contributed by atoms with Crippen molar-refractivity contribution in [2.24, 2.45) is 0 Å². The van der Waals surface area contributed by atoms with E-state index in [-0.39, 0.29) is 5.41 Å². The van der Waals surface area contributed by atoms with Crippen LogP contribution in [0.25, 0.3) is 10.6 Å². The van der Waals surface area contributed by atoms with Gasteiger partial charge in [-0.1, -0.05) is 27.7 Å². The van der Waals surface area contributed by atoms with Crippen LogP contribution in [-0.4, -0.2) is 17.0 Å². The van der Waals surface area contributed by atoms with Crippen LogP contribution in [-0.2, 0) is 18.4 Å². The Morgan fingerprint density at radius 2 is 2.05 bits per heavy atom. The van der Waals surface area contributed by atoms with E-state index in [4.69, 9.17) is 4.98 Å². The molecular formula is C16H23N3S. The van der Waals surface area contributed by atoms with Crippen LogP contribution >= 0.6 is 11.3 Å². The van der Waals surface area contributed by atoms with E-state index in [0.29, 0.717) is 0 Å². The Morgan fingerprint density at radius 3 is 2.65 bits per heavy atom. The highest BCUT2D eigenvalue weighted by molar-refractivity contribution is 7.15. The predicted octanol–water partition coefficient (Wildman–Crippen LogP) is 3.78. The molecule has 20 heavy (non-hydrogen) atoms. The molecule has 0 saturated carbocycles. The third-order valence-electron chi connectivity index (χ3n) is 3.26. The second kappa shape index (κ2) is 6.02. The number of aryl methyl sites for hydroxylation is 1. The van der Waals surface area contributed by atoms with Crippen LogP contribution in [0.4, 0.5) is 0 Å². The van der Waals surface area contributed by atoms with Crippen molar-refractivity contribution in [3.63, 3.8) is 0 Å². The molecule has 4 heteroatoms. The van der Waals surface area contributed by atoms with Crippen molar-refractivity contribution < 1.29 is 0 Å². The Hall–Kier alpha value is -1.26. The molecule has 0 saturated heterocycles. The summed E-state index contributed by atoms with van der Waals surface area (Å²) in [4.78, 5) is 10.5. The number of hydrogen-bond donors (Lipinski definition) is 1. The monoisotopic (exact) mass is 289 g/mol. The highest BCUT2D eigenvalue weighted by Gasteiger charge is 2.23. The molecule has 0 aliphatic carbocycles. The maximum atomic E-state index is 4.93. The second-order valence-corrected chi connectivity index (χ2v) is 7.04. The molecule has 1 N–H and O–H groups in total. The molecule has 3 nitrogen and oxygen atoms in total. The normalized spacial score (nSPS) is 11.8. The first-order valence-electron chi connectivity index (χ1n) is 7.05. The summed E-state index contributed by atoms with van der Waals surface area (Å²) in [6, 6.07) is 2.08. The van der Waals surface area contributed by atoms with Gasteiger partial charge in [-0.2, -0.15) is 0 Å². The van der Waals surface area contributed by atoms with Crippen molar-refractivity contribution in [1.82, 2.24) is 15.3 Å². The molecule has 0 spiro atoms. The fourth-order valence-corrected chi connectivity index (χ4v) is 3.60. The zero-order chi connectivity index (χ0) is 14.8. The molecule has 2 rings (SSSR count). The van der Waals surface area contributed by atoms with Gasteiger partial charge in [0.1, 0.15) is 5.01 Å². The van der Waals surface area contributed by atoms with E-state index < -0.39 is 0 Å². The number of thiazole rings is 1. The van der Waals surface area contributed by atoms with Gasteiger partial charge < -0.3 is 5.32 Å². The largest absolute Gasteiger partial charge is 0.315 e. The molecule has 0 amide bonds. The van der Waals surface area contributed by atoms with Crippen LogP contribution in [0.1, 0.15) is 43.8 Å². The molecule has 0 atom stereocenters. The lowest BCUT2D eigenvalue weighted by atomic mass is 9.91. The average Bonchev–Trinajstić information content (AvgIpc) is 2.83. The molecular weight excluding hydrogens is 266 g/mol. The SMILES string of the molecule is CCc1cnccc1-c1nc(C(C)(C)C)c(CNC)s1. The Labute approximate surface area is 125 Å². The van der Waals surface area contributed by atoms with Crippen LogP contribution in [0.3, 0.4) is 0 Å². The molecule has 2 aromatic rings. The van der Waals surface area contributed by atoms with Crippen molar-refractivity contribution in [2.75, 3.05) is 7.05 Å². The summed E-state index contributed by atoms with van der Waals surface area (Å²) in [6.07, 6.45) is 4.78. The third kappa shape index (κ3) is 3.07. The van der Waals surface area contributed by atoms with E-state index in [2.05, 4.69) is 44.1 Å². The number of hydrogen-bond acceptors (Lipinski definition) is 4. The number of pyridine rings is 1. The number of aromatic nitrogens is 2. The van der Waals surface area contributed by atoms with Gasteiger partial charge in [-0.25, -0.2) is 4.98 Å². The molecule has 2 aromatic heterocycles. The first kappa shape index (κ1) is 15.1. The maximum absolute atomic E-state index is 4.93. The van der Waals surface area contributed by atoms with Crippen LogP contribution in [0, 0.1) is 0 Å². The van der Waals surface area contributed by atoms with Crippen LogP contribution in [0.2, 0.25) is 0 Å². The Morgan fingerprint density at radius 1 is 1.30 bits per heavy atom. The number of nitrogens with one attached hydrogen (secondary N) is 1. The van der Waals surface area contributed by atoms with Gasteiger partial charge in [0, 0.05) is 34.8 Å². The molecule has 0 unspecified atom stereocenters. The summed E-state index contributed by atoms with van der Waals surface area (Å²) in [5, 5.41) is 4.36. The lowest BCUT2D eigenvalue weighted by Gasteiger charge is -2.17. The fraction of sp³-hybridized carbons (Fsp3) is 0.500. The highest BCUT2D eigenvalue weighted by atomic mass is 32.1. The number of rotatable bonds is 4. The smallest absolute Gasteiger partial charge is 0.124 e. The van der Waals surface area contributed by atoms with Crippen LogP contribution < -0.4 is 5.32 Å². The molecule has 108 valence electrons. The van der Waals surface area contributed by atoms with E-state index in [1.54, 1.807) is 11.3 Å². The molecule has 0 aliphatic rings. The van der Waals surface area contributed by atoms with Crippen molar-refractivity contribution >= 4 is 11.3 Å². The Balaban J connectivity index is 2.53.